The molecule has 1 aliphatic heterocycles. The first-order valence-corrected chi connectivity index (χ1v) is 9.56. The Morgan fingerprint density at radius 2 is 1.96 bits per heavy atom. The van der Waals surface area contributed by atoms with Crippen molar-refractivity contribution in [3.8, 4) is 11.1 Å². The van der Waals surface area contributed by atoms with E-state index in [0.717, 1.165) is 17.5 Å². The van der Waals surface area contributed by atoms with Gasteiger partial charge >= 0.3 is 0 Å². The molecule has 0 spiro atoms. The Kier molecular flexibility index (Phi) is 5.38. The van der Waals surface area contributed by atoms with Crippen LogP contribution in [0.2, 0.25) is 0 Å². The summed E-state index contributed by atoms with van der Waals surface area (Å²) in [5, 5.41) is 10.1. The summed E-state index contributed by atoms with van der Waals surface area (Å²) in [5.41, 5.74) is 1.73. The molecular weight excluding hydrogens is 341 g/mol. The van der Waals surface area contributed by atoms with Crippen LogP contribution in [0.4, 0.5) is 4.39 Å². The Morgan fingerprint density at radius 1 is 1.26 bits per heavy atom. The van der Waals surface area contributed by atoms with Crippen LogP contribution in [-0.2, 0) is 11.2 Å². The second kappa shape index (κ2) is 7.43. The lowest BCUT2D eigenvalue weighted by atomic mass is 9.92. The minimum atomic E-state index is -1.41. The highest BCUT2D eigenvalue weighted by Crippen LogP contribution is 2.32. The first kappa shape index (κ1) is 19.6. The average molecular weight is 369 g/mol. The Labute approximate surface area is 160 Å². The largest absolute Gasteiger partial charge is 0.381 e. The summed E-state index contributed by atoms with van der Waals surface area (Å²) < 4.78 is 15.3. The van der Waals surface area contributed by atoms with Crippen molar-refractivity contribution in [1.29, 1.82) is 0 Å². The van der Waals surface area contributed by atoms with E-state index >= 15 is 4.39 Å². The van der Waals surface area contributed by atoms with Crippen LogP contribution in [0, 0.1) is 18.7 Å². The number of nitrogens with zero attached hydrogens (tertiary/aromatic N) is 1. The van der Waals surface area contributed by atoms with E-state index in [1.165, 1.54) is 13.8 Å². The maximum absolute atomic E-state index is 15.3. The Balaban J connectivity index is 1.91. The van der Waals surface area contributed by atoms with E-state index in [2.05, 4.69) is 6.92 Å². The number of aryl methyl sites for hydroxylation is 1. The van der Waals surface area contributed by atoms with Gasteiger partial charge < -0.3 is 10.0 Å². The lowest BCUT2D eigenvalue weighted by molar-refractivity contribution is -0.149. The van der Waals surface area contributed by atoms with E-state index in [-0.39, 0.29) is 23.7 Å². The molecule has 144 valence electrons. The number of rotatable bonds is 4. The molecule has 2 aromatic carbocycles. The minimum absolute atomic E-state index is 0.105. The van der Waals surface area contributed by atoms with Gasteiger partial charge in [0.2, 0.25) is 0 Å². The molecule has 0 saturated carbocycles. The predicted molar refractivity (Wildman–Crippen MR) is 106 cm³/mol. The molecule has 0 bridgehead atoms. The topological polar surface area (TPSA) is 40.5 Å². The van der Waals surface area contributed by atoms with Crippen LogP contribution in [0.3, 0.4) is 0 Å². The fraction of sp³-hybridized carbons (Fsp3) is 0.435. The van der Waals surface area contributed by atoms with Crippen molar-refractivity contribution in [3.63, 3.8) is 0 Å². The zero-order valence-corrected chi connectivity index (χ0v) is 16.5. The van der Waals surface area contributed by atoms with Crippen LogP contribution in [0.15, 0.2) is 42.5 Å². The number of hydrogen-bond acceptors (Lipinski definition) is 2. The van der Waals surface area contributed by atoms with Gasteiger partial charge in [-0.1, -0.05) is 55.0 Å². The summed E-state index contributed by atoms with van der Waals surface area (Å²) >= 11 is 0. The van der Waals surface area contributed by atoms with E-state index in [0.29, 0.717) is 24.1 Å². The van der Waals surface area contributed by atoms with Gasteiger partial charge in [0.05, 0.1) is 0 Å². The van der Waals surface area contributed by atoms with E-state index in [1.807, 2.05) is 37.3 Å². The highest BCUT2D eigenvalue weighted by atomic mass is 19.1. The first-order valence-electron chi connectivity index (χ1n) is 9.56. The maximum atomic E-state index is 15.3. The molecule has 1 amide bonds. The van der Waals surface area contributed by atoms with E-state index in [4.69, 9.17) is 0 Å². The zero-order chi connectivity index (χ0) is 19.8. The van der Waals surface area contributed by atoms with E-state index < -0.39 is 5.60 Å². The number of benzene rings is 2. The molecule has 0 aromatic heterocycles. The summed E-state index contributed by atoms with van der Waals surface area (Å²) in [6.07, 6.45) is 1.32. The Morgan fingerprint density at radius 3 is 2.63 bits per heavy atom. The van der Waals surface area contributed by atoms with Gasteiger partial charge in [0, 0.05) is 18.2 Å². The van der Waals surface area contributed by atoms with E-state index in [9.17, 15) is 9.90 Å². The molecule has 4 heteroatoms. The van der Waals surface area contributed by atoms with Gasteiger partial charge in [-0.15, -0.1) is 0 Å². The van der Waals surface area contributed by atoms with Crippen LogP contribution in [-0.4, -0.2) is 34.1 Å². The van der Waals surface area contributed by atoms with Crippen molar-refractivity contribution in [2.75, 3.05) is 6.54 Å². The van der Waals surface area contributed by atoms with Gasteiger partial charge in [-0.05, 0) is 50.7 Å². The van der Waals surface area contributed by atoms with Crippen LogP contribution >= 0.6 is 0 Å². The number of carbonyl (C=O) groups excluding carboxylic acids is 1. The SMILES string of the molecule is Cc1cccc(-c2cccc(CC3[C@@H](C)CCN3C(=O)C(C)(C)O)c2F)c1. The van der Waals surface area contributed by atoms with Crippen LogP contribution in [0.1, 0.15) is 38.3 Å². The first-order chi connectivity index (χ1) is 12.7. The van der Waals surface area contributed by atoms with Crippen LogP contribution in [0.25, 0.3) is 11.1 Å². The molecule has 3 nitrogen and oxygen atoms in total. The molecule has 1 heterocycles. The highest BCUT2D eigenvalue weighted by Gasteiger charge is 2.40. The molecule has 1 saturated heterocycles. The number of carbonyl (C=O) groups is 1. The van der Waals surface area contributed by atoms with Gasteiger partial charge in [0.15, 0.2) is 0 Å². The molecule has 2 aromatic rings. The molecule has 27 heavy (non-hydrogen) atoms. The van der Waals surface area contributed by atoms with Gasteiger partial charge in [-0.25, -0.2) is 4.39 Å². The molecular formula is C23H28FNO2. The lowest BCUT2D eigenvalue weighted by Gasteiger charge is -2.32. The number of hydrogen-bond donors (Lipinski definition) is 1. The third-order valence-corrected chi connectivity index (χ3v) is 5.50. The highest BCUT2D eigenvalue weighted by molar-refractivity contribution is 5.84. The fourth-order valence-electron chi connectivity index (χ4n) is 3.92. The summed E-state index contributed by atoms with van der Waals surface area (Å²) in [6.45, 7) is 7.70. The third-order valence-electron chi connectivity index (χ3n) is 5.50. The van der Waals surface area contributed by atoms with Crippen LogP contribution in [0.5, 0.6) is 0 Å². The molecule has 0 aliphatic carbocycles. The molecule has 1 N–H and O–H groups in total. The Bertz CT molecular complexity index is 841. The second-order valence-electron chi connectivity index (χ2n) is 8.24. The Hall–Kier alpha value is -2.20. The summed E-state index contributed by atoms with van der Waals surface area (Å²) in [5.74, 6) is -0.247. The monoisotopic (exact) mass is 369 g/mol. The maximum Gasteiger partial charge on any atom is 0.254 e. The van der Waals surface area contributed by atoms with E-state index in [1.54, 1.807) is 17.0 Å². The number of halogens is 1. The van der Waals surface area contributed by atoms with Crippen molar-refractivity contribution in [2.24, 2.45) is 5.92 Å². The molecule has 0 radical (unpaired) electrons. The predicted octanol–water partition coefficient (Wildman–Crippen LogP) is 4.35. The van der Waals surface area contributed by atoms with Gasteiger partial charge in [-0.3, -0.25) is 4.79 Å². The fourth-order valence-corrected chi connectivity index (χ4v) is 3.92. The standard InChI is InChI=1S/C23H28FNO2/c1-15-7-5-8-17(13-15)19-10-6-9-18(21(19)24)14-20-16(2)11-12-25(20)22(26)23(3,4)27/h5-10,13,16,20,27H,11-12,14H2,1-4H3/t16-,20?/m0/s1. The molecule has 1 aliphatic rings. The summed E-state index contributed by atoms with van der Waals surface area (Å²) in [6, 6.07) is 13.2. The molecule has 2 atom stereocenters. The van der Waals surface area contributed by atoms with Gasteiger partial charge in [0.1, 0.15) is 11.4 Å². The van der Waals surface area contributed by atoms with Crippen molar-refractivity contribution < 1.29 is 14.3 Å². The number of amides is 1. The van der Waals surface area contributed by atoms with Crippen molar-refractivity contribution >= 4 is 5.91 Å². The van der Waals surface area contributed by atoms with Crippen molar-refractivity contribution in [1.82, 2.24) is 4.90 Å². The molecule has 1 fully saturated rings. The summed E-state index contributed by atoms with van der Waals surface area (Å²) in [7, 11) is 0. The quantitative estimate of drug-likeness (QED) is 0.870. The van der Waals surface area contributed by atoms with Crippen molar-refractivity contribution in [2.45, 2.75) is 52.2 Å². The third kappa shape index (κ3) is 4.06. The zero-order valence-electron chi connectivity index (χ0n) is 16.5. The lowest BCUT2D eigenvalue weighted by Crippen LogP contribution is -2.48. The smallest absolute Gasteiger partial charge is 0.254 e. The van der Waals surface area contributed by atoms with Crippen LogP contribution < -0.4 is 0 Å². The van der Waals surface area contributed by atoms with Gasteiger partial charge in [0.25, 0.3) is 5.91 Å². The summed E-state index contributed by atoms with van der Waals surface area (Å²) in [4.78, 5) is 14.3. The number of aliphatic hydroxyl groups is 1. The van der Waals surface area contributed by atoms with Crippen molar-refractivity contribution in [3.05, 3.63) is 59.4 Å². The normalized spacial score (nSPS) is 20.1. The molecule has 1 unspecified atom stereocenters. The number of likely N-dealkylation sites (tertiary alicyclic amines) is 1. The van der Waals surface area contributed by atoms with Gasteiger partial charge in [-0.2, -0.15) is 0 Å². The second-order valence-corrected chi connectivity index (χ2v) is 8.24. The average Bonchev–Trinajstić information content (AvgIpc) is 2.96. The molecule has 3 rings (SSSR count). The minimum Gasteiger partial charge on any atom is -0.381 e.